The monoisotopic (exact) mass is 280 g/mol. The molecule has 0 aliphatic carbocycles. The molecule has 0 amide bonds. The summed E-state index contributed by atoms with van der Waals surface area (Å²) < 4.78 is 5.80. The van der Waals surface area contributed by atoms with Gasteiger partial charge in [-0.3, -0.25) is 4.98 Å². The Balaban J connectivity index is 1.98. The average molecular weight is 280 g/mol. The number of hydrogen-bond acceptors (Lipinski definition) is 5. The van der Waals surface area contributed by atoms with Crippen LogP contribution in [0.5, 0.6) is 5.75 Å². The molecule has 5 heteroatoms. The zero-order valence-corrected chi connectivity index (χ0v) is 11.9. The third-order valence-corrected chi connectivity index (χ3v) is 2.85. The van der Waals surface area contributed by atoms with E-state index in [1.165, 1.54) is 0 Å². The minimum absolute atomic E-state index is 0.0975. The molecule has 0 radical (unpaired) electrons. The van der Waals surface area contributed by atoms with Crippen LogP contribution in [0.15, 0.2) is 48.9 Å². The van der Waals surface area contributed by atoms with Gasteiger partial charge in [0.15, 0.2) is 0 Å². The summed E-state index contributed by atoms with van der Waals surface area (Å²) in [6.45, 7) is 3.99. The molecule has 3 rings (SSSR count). The van der Waals surface area contributed by atoms with Gasteiger partial charge in [-0.05, 0) is 32.0 Å². The molecule has 1 aromatic carbocycles. The van der Waals surface area contributed by atoms with Gasteiger partial charge in [0.1, 0.15) is 11.3 Å². The number of anilines is 2. The van der Waals surface area contributed by atoms with Crippen molar-refractivity contribution in [3.05, 3.63) is 48.9 Å². The van der Waals surface area contributed by atoms with Gasteiger partial charge < -0.3 is 10.1 Å². The van der Waals surface area contributed by atoms with Crippen molar-refractivity contribution in [3.8, 4) is 5.75 Å². The highest BCUT2D eigenvalue weighted by Crippen LogP contribution is 2.25. The predicted octanol–water partition coefficient (Wildman–Crippen LogP) is 3.56. The number of hydrogen-bond donors (Lipinski definition) is 1. The lowest BCUT2D eigenvalue weighted by molar-refractivity contribution is 0.245. The van der Waals surface area contributed by atoms with Gasteiger partial charge >= 0.3 is 0 Å². The predicted molar refractivity (Wildman–Crippen MR) is 82.8 cm³/mol. The van der Waals surface area contributed by atoms with Crippen LogP contribution in [0.25, 0.3) is 10.9 Å². The summed E-state index contributed by atoms with van der Waals surface area (Å²) in [6, 6.07) is 9.60. The second-order valence-electron chi connectivity index (χ2n) is 4.92. The Bertz CT molecular complexity index is 744. The fraction of sp³-hybridized carbons (Fsp3) is 0.188. The number of pyridine rings is 1. The van der Waals surface area contributed by atoms with Crippen LogP contribution in [-0.4, -0.2) is 21.1 Å². The molecule has 0 aliphatic heterocycles. The number of ether oxygens (including phenoxy) is 1. The standard InChI is InChI=1S/C16H16N4O/c1-11(2)21-14-7-3-5-12-9-18-16(20-15(12)14)19-13-6-4-8-17-10-13/h3-11H,1-2H3,(H,18,19,20). The molecular weight excluding hydrogens is 264 g/mol. The van der Waals surface area contributed by atoms with Crippen molar-refractivity contribution in [2.24, 2.45) is 0 Å². The van der Waals surface area contributed by atoms with Crippen LogP contribution in [-0.2, 0) is 0 Å². The molecule has 0 unspecified atom stereocenters. The topological polar surface area (TPSA) is 59.9 Å². The highest BCUT2D eigenvalue weighted by Gasteiger charge is 2.07. The quantitative estimate of drug-likeness (QED) is 0.792. The van der Waals surface area contributed by atoms with E-state index in [4.69, 9.17) is 4.74 Å². The molecule has 2 heterocycles. The van der Waals surface area contributed by atoms with Crippen molar-refractivity contribution in [1.82, 2.24) is 15.0 Å². The van der Waals surface area contributed by atoms with Gasteiger partial charge in [0.2, 0.25) is 5.95 Å². The third-order valence-electron chi connectivity index (χ3n) is 2.85. The van der Waals surface area contributed by atoms with Crippen molar-refractivity contribution in [2.75, 3.05) is 5.32 Å². The van der Waals surface area contributed by atoms with E-state index in [0.717, 1.165) is 22.3 Å². The van der Waals surface area contributed by atoms with Gasteiger partial charge in [0, 0.05) is 17.8 Å². The van der Waals surface area contributed by atoms with Crippen molar-refractivity contribution in [2.45, 2.75) is 20.0 Å². The molecule has 0 saturated heterocycles. The lowest BCUT2D eigenvalue weighted by Gasteiger charge is -2.12. The van der Waals surface area contributed by atoms with Crippen molar-refractivity contribution < 1.29 is 4.74 Å². The number of aromatic nitrogens is 3. The maximum Gasteiger partial charge on any atom is 0.227 e. The molecule has 0 saturated carbocycles. The number of nitrogens with one attached hydrogen (secondary N) is 1. The fourth-order valence-corrected chi connectivity index (χ4v) is 2.00. The van der Waals surface area contributed by atoms with Crippen molar-refractivity contribution >= 4 is 22.5 Å². The molecule has 3 aromatic rings. The van der Waals surface area contributed by atoms with Gasteiger partial charge in [-0.15, -0.1) is 0 Å². The van der Waals surface area contributed by atoms with E-state index in [1.54, 1.807) is 18.6 Å². The van der Waals surface area contributed by atoms with Crippen LogP contribution in [0.1, 0.15) is 13.8 Å². The molecule has 0 aliphatic rings. The van der Waals surface area contributed by atoms with E-state index in [9.17, 15) is 0 Å². The minimum Gasteiger partial charge on any atom is -0.489 e. The highest BCUT2D eigenvalue weighted by molar-refractivity contribution is 5.84. The first-order valence-corrected chi connectivity index (χ1v) is 6.82. The van der Waals surface area contributed by atoms with E-state index >= 15 is 0 Å². The molecule has 21 heavy (non-hydrogen) atoms. The number of fused-ring (bicyclic) bond motifs is 1. The number of para-hydroxylation sites is 1. The highest BCUT2D eigenvalue weighted by atomic mass is 16.5. The lowest BCUT2D eigenvalue weighted by atomic mass is 10.2. The van der Waals surface area contributed by atoms with Gasteiger partial charge in [0.05, 0.1) is 18.0 Å². The number of rotatable bonds is 4. The zero-order chi connectivity index (χ0) is 14.7. The molecule has 5 nitrogen and oxygen atoms in total. The molecule has 1 N–H and O–H groups in total. The first kappa shape index (κ1) is 13.3. The summed E-state index contributed by atoms with van der Waals surface area (Å²) in [6.07, 6.45) is 5.33. The number of benzene rings is 1. The maximum atomic E-state index is 5.80. The smallest absolute Gasteiger partial charge is 0.227 e. The first-order chi connectivity index (χ1) is 10.2. The Hall–Kier alpha value is -2.69. The summed E-state index contributed by atoms with van der Waals surface area (Å²) in [5, 5.41) is 4.09. The Morgan fingerprint density at radius 3 is 2.76 bits per heavy atom. The van der Waals surface area contributed by atoms with Gasteiger partial charge in [-0.25, -0.2) is 9.97 Å². The second kappa shape index (κ2) is 5.75. The Labute approximate surface area is 123 Å². The molecule has 0 spiro atoms. The van der Waals surface area contributed by atoms with Crippen LogP contribution in [0.4, 0.5) is 11.6 Å². The van der Waals surface area contributed by atoms with E-state index in [1.807, 2.05) is 44.2 Å². The van der Waals surface area contributed by atoms with Gasteiger partial charge in [-0.2, -0.15) is 0 Å². The van der Waals surface area contributed by atoms with Crippen LogP contribution in [0.3, 0.4) is 0 Å². The van der Waals surface area contributed by atoms with E-state index in [0.29, 0.717) is 5.95 Å². The van der Waals surface area contributed by atoms with Crippen LogP contribution >= 0.6 is 0 Å². The minimum atomic E-state index is 0.0975. The molecule has 0 atom stereocenters. The summed E-state index contributed by atoms with van der Waals surface area (Å²) in [5.74, 6) is 1.29. The molecule has 0 bridgehead atoms. The Morgan fingerprint density at radius 1 is 1.10 bits per heavy atom. The molecular formula is C16H16N4O. The lowest BCUT2D eigenvalue weighted by Crippen LogP contribution is -2.06. The summed E-state index contributed by atoms with van der Waals surface area (Å²) in [7, 11) is 0. The van der Waals surface area contributed by atoms with Gasteiger partial charge in [0.25, 0.3) is 0 Å². The normalized spacial score (nSPS) is 10.8. The summed E-state index contributed by atoms with van der Waals surface area (Å²) >= 11 is 0. The Morgan fingerprint density at radius 2 is 2.00 bits per heavy atom. The van der Waals surface area contributed by atoms with Crippen molar-refractivity contribution in [3.63, 3.8) is 0 Å². The van der Waals surface area contributed by atoms with E-state index < -0.39 is 0 Å². The second-order valence-corrected chi connectivity index (χ2v) is 4.92. The van der Waals surface area contributed by atoms with E-state index in [2.05, 4.69) is 20.3 Å². The van der Waals surface area contributed by atoms with E-state index in [-0.39, 0.29) is 6.10 Å². The average Bonchev–Trinajstić information content (AvgIpc) is 2.48. The summed E-state index contributed by atoms with van der Waals surface area (Å²) in [5.41, 5.74) is 1.65. The van der Waals surface area contributed by atoms with Crippen LogP contribution < -0.4 is 10.1 Å². The number of nitrogens with zero attached hydrogens (tertiary/aromatic N) is 3. The van der Waals surface area contributed by atoms with Gasteiger partial charge in [-0.1, -0.05) is 12.1 Å². The maximum absolute atomic E-state index is 5.80. The first-order valence-electron chi connectivity index (χ1n) is 6.82. The largest absolute Gasteiger partial charge is 0.489 e. The van der Waals surface area contributed by atoms with Crippen LogP contribution in [0, 0.1) is 0 Å². The SMILES string of the molecule is CC(C)Oc1cccc2cnc(Nc3cccnc3)nc12. The molecule has 0 fully saturated rings. The Kier molecular flexibility index (Phi) is 3.64. The zero-order valence-electron chi connectivity index (χ0n) is 11.9. The third kappa shape index (κ3) is 3.08. The molecule has 2 aromatic heterocycles. The fourth-order valence-electron chi connectivity index (χ4n) is 2.00. The van der Waals surface area contributed by atoms with Crippen LogP contribution in [0.2, 0.25) is 0 Å². The van der Waals surface area contributed by atoms with Crippen molar-refractivity contribution in [1.29, 1.82) is 0 Å². The molecule has 106 valence electrons. The summed E-state index contributed by atoms with van der Waals surface area (Å²) in [4.78, 5) is 12.9.